The van der Waals surface area contributed by atoms with Crippen molar-refractivity contribution in [2.75, 3.05) is 11.9 Å². The van der Waals surface area contributed by atoms with Gasteiger partial charge in [-0.2, -0.15) is 0 Å². The highest BCUT2D eigenvalue weighted by Gasteiger charge is 2.04. The zero-order valence-corrected chi connectivity index (χ0v) is 12.9. The van der Waals surface area contributed by atoms with E-state index in [0.717, 1.165) is 11.0 Å². The van der Waals surface area contributed by atoms with Crippen molar-refractivity contribution in [3.05, 3.63) is 64.1 Å². The molecule has 0 saturated heterocycles. The van der Waals surface area contributed by atoms with Crippen LogP contribution in [0.5, 0.6) is 0 Å². The van der Waals surface area contributed by atoms with Gasteiger partial charge in [0.1, 0.15) is 0 Å². The molecule has 0 aliphatic heterocycles. The zero-order chi connectivity index (χ0) is 13.8. The molecule has 0 saturated carbocycles. The third-order valence-corrected chi connectivity index (χ3v) is 3.72. The van der Waals surface area contributed by atoms with Crippen molar-refractivity contribution in [3.8, 4) is 0 Å². The molecule has 0 fully saturated rings. The molecule has 1 atom stereocenters. The number of nitrogens with two attached hydrogens (primary N) is 1. The number of rotatable bonds is 4. The van der Waals surface area contributed by atoms with Gasteiger partial charge in [0.2, 0.25) is 0 Å². The van der Waals surface area contributed by atoms with Crippen LogP contribution in [0.3, 0.4) is 0 Å². The van der Waals surface area contributed by atoms with E-state index >= 15 is 0 Å². The SMILES string of the molecule is C[C@@H](N)c1ccc(N(C)Cc2ccc(Br)cc2)cc1. The Bertz CT molecular complexity index is 517. The minimum atomic E-state index is 0.0887. The van der Waals surface area contributed by atoms with E-state index in [9.17, 15) is 0 Å². The average Bonchev–Trinajstić information content (AvgIpc) is 2.41. The summed E-state index contributed by atoms with van der Waals surface area (Å²) in [6.07, 6.45) is 0. The van der Waals surface area contributed by atoms with Crippen LogP contribution in [0, 0.1) is 0 Å². The lowest BCUT2D eigenvalue weighted by Crippen LogP contribution is -2.16. The molecule has 0 spiro atoms. The second kappa shape index (κ2) is 6.22. The Balaban J connectivity index is 2.07. The highest BCUT2D eigenvalue weighted by molar-refractivity contribution is 9.10. The van der Waals surface area contributed by atoms with Gasteiger partial charge in [0, 0.05) is 29.8 Å². The van der Waals surface area contributed by atoms with Crippen molar-refractivity contribution in [3.63, 3.8) is 0 Å². The smallest absolute Gasteiger partial charge is 0.0426 e. The van der Waals surface area contributed by atoms with Crippen LogP contribution < -0.4 is 10.6 Å². The molecule has 2 aromatic carbocycles. The van der Waals surface area contributed by atoms with Gasteiger partial charge in [-0.1, -0.05) is 40.2 Å². The lowest BCUT2D eigenvalue weighted by atomic mass is 10.1. The van der Waals surface area contributed by atoms with E-state index in [0.29, 0.717) is 0 Å². The maximum atomic E-state index is 5.86. The van der Waals surface area contributed by atoms with E-state index < -0.39 is 0 Å². The number of hydrogen-bond acceptors (Lipinski definition) is 2. The summed E-state index contributed by atoms with van der Waals surface area (Å²) in [5.41, 5.74) is 9.52. The summed E-state index contributed by atoms with van der Waals surface area (Å²) in [5.74, 6) is 0. The van der Waals surface area contributed by atoms with Crippen LogP contribution in [0.4, 0.5) is 5.69 Å². The predicted molar refractivity (Wildman–Crippen MR) is 85.3 cm³/mol. The van der Waals surface area contributed by atoms with Crippen LogP contribution in [-0.4, -0.2) is 7.05 Å². The first-order valence-corrected chi connectivity index (χ1v) is 7.16. The van der Waals surface area contributed by atoms with Crippen LogP contribution in [0.1, 0.15) is 24.1 Å². The molecule has 0 amide bonds. The minimum absolute atomic E-state index is 0.0887. The van der Waals surface area contributed by atoms with Gasteiger partial charge >= 0.3 is 0 Å². The first kappa shape index (κ1) is 14.1. The molecule has 100 valence electrons. The van der Waals surface area contributed by atoms with Gasteiger partial charge in [-0.3, -0.25) is 0 Å². The Hall–Kier alpha value is -1.32. The largest absolute Gasteiger partial charge is 0.370 e. The van der Waals surface area contributed by atoms with Gasteiger partial charge in [-0.25, -0.2) is 0 Å². The predicted octanol–water partition coefficient (Wildman–Crippen LogP) is 4.11. The van der Waals surface area contributed by atoms with E-state index in [1.807, 2.05) is 6.92 Å². The number of anilines is 1. The molecule has 0 aromatic heterocycles. The third-order valence-electron chi connectivity index (χ3n) is 3.19. The van der Waals surface area contributed by atoms with E-state index in [2.05, 4.69) is 76.4 Å². The summed E-state index contributed by atoms with van der Waals surface area (Å²) in [4.78, 5) is 2.23. The highest BCUT2D eigenvalue weighted by atomic mass is 79.9. The van der Waals surface area contributed by atoms with Gasteiger partial charge in [0.15, 0.2) is 0 Å². The van der Waals surface area contributed by atoms with Crippen LogP contribution in [-0.2, 0) is 6.54 Å². The number of benzene rings is 2. The Morgan fingerprint density at radius 2 is 1.63 bits per heavy atom. The molecule has 0 bridgehead atoms. The Morgan fingerprint density at radius 1 is 1.05 bits per heavy atom. The lowest BCUT2D eigenvalue weighted by Gasteiger charge is -2.20. The summed E-state index contributed by atoms with van der Waals surface area (Å²) in [6, 6.07) is 16.9. The van der Waals surface area contributed by atoms with Gasteiger partial charge in [-0.05, 0) is 42.3 Å². The van der Waals surface area contributed by atoms with E-state index in [4.69, 9.17) is 5.73 Å². The maximum Gasteiger partial charge on any atom is 0.0426 e. The Morgan fingerprint density at radius 3 is 2.16 bits per heavy atom. The molecule has 19 heavy (non-hydrogen) atoms. The standard InChI is InChI=1S/C16H19BrN2/c1-12(18)14-5-9-16(10-6-14)19(2)11-13-3-7-15(17)8-4-13/h3-10,12H,11,18H2,1-2H3/t12-/m1/s1. The molecule has 2 aromatic rings. The molecule has 2 N–H and O–H groups in total. The monoisotopic (exact) mass is 318 g/mol. The van der Waals surface area contributed by atoms with Crippen LogP contribution in [0.25, 0.3) is 0 Å². The summed E-state index contributed by atoms with van der Waals surface area (Å²) < 4.78 is 1.11. The van der Waals surface area contributed by atoms with Crippen molar-refractivity contribution in [2.24, 2.45) is 5.73 Å². The van der Waals surface area contributed by atoms with Crippen LogP contribution >= 0.6 is 15.9 Å². The van der Waals surface area contributed by atoms with Crippen molar-refractivity contribution >= 4 is 21.6 Å². The summed E-state index contributed by atoms with van der Waals surface area (Å²) in [5, 5.41) is 0. The summed E-state index contributed by atoms with van der Waals surface area (Å²) in [7, 11) is 2.10. The molecule has 0 aliphatic rings. The van der Waals surface area contributed by atoms with Gasteiger partial charge in [0.05, 0.1) is 0 Å². The molecule has 2 rings (SSSR count). The fourth-order valence-electron chi connectivity index (χ4n) is 1.99. The first-order valence-electron chi connectivity index (χ1n) is 6.37. The molecule has 0 aliphatic carbocycles. The highest BCUT2D eigenvalue weighted by Crippen LogP contribution is 2.19. The van der Waals surface area contributed by atoms with Gasteiger partial charge in [-0.15, -0.1) is 0 Å². The maximum absolute atomic E-state index is 5.86. The van der Waals surface area contributed by atoms with E-state index in [-0.39, 0.29) is 6.04 Å². The van der Waals surface area contributed by atoms with E-state index in [1.165, 1.54) is 16.8 Å². The molecular formula is C16H19BrN2. The summed E-state index contributed by atoms with van der Waals surface area (Å²) >= 11 is 3.45. The average molecular weight is 319 g/mol. The molecule has 3 heteroatoms. The van der Waals surface area contributed by atoms with Crippen molar-refractivity contribution in [1.82, 2.24) is 0 Å². The second-order valence-electron chi connectivity index (χ2n) is 4.86. The lowest BCUT2D eigenvalue weighted by molar-refractivity contribution is 0.817. The van der Waals surface area contributed by atoms with Gasteiger partial charge < -0.3 is 10.6 Å². The molecule has 0 heterocycles. The van der Waals surface area contributed by atoms with E-state index in [1.54, 1.807) is 0 Å². The fourth-order valence-corrected chi connectivity index (χ4v) is 2.25. The zero-order valence-electron chi connectivity index (χ0n) is 11.3. The fraction of sp³-hybridized carbons (Fsp3) is 0.250. The molecule has 0 radical (unpaired) electrons. The van der Waals surface area contributed by atoms with Crippen molar-refractivity contribution < 1.29 is 0 Å². The first-order chi connectivity index (χ1) is 9.06. The van der Waals surface area contributed by atoms with Crippen molar-refractivity contribution in [1.29, 1.82) is 0 Å². The molecular weight excluding hydrogens is 300 g/mol. The second-order valence-corrected chi connectivity index (χ2v) is 5.78. The van der Waals surface area contributed by atoms with Crippen molar-refractivity contribution in [2.45, 2.75) is 19.5 Å². The van der Waals surface area contributed by atoms with Gasteiger partial charge in [0.25, 0.3) is 0 Å². The summed E-state index contributed by atoms with van der Waals surface area (Å²) in [6.45, 7) is 2.89. The number of hydrogen-bond donors (Lipinski definition) is 1. The third kappa shape index (κ3) is 3.82. The number of halogens is 1. The molecule has 2 nitrogen and oxygen atoms in total. The number of nitrogens with zero attached hydrogens (tertiary/aromatic N) is 1. The minimum Gasteiger partial charge on any atom is -0.370 e. The van der Waals surface area contributed by atoms with Crippen LogP contribution in [0.2, 0.25) is 0 Å². The quantitative estimate of drug-likeness (QED) is 0.919. The molecule has 0 unspecified atom stereocenters. The topological polar surface area (TPSA) is 29.3 Å². The Kier molecular flexibility index (Phi) is 4.61. The van der Waals surface area contributed by atoms with Crippen LogP contribution in [0.15, 0.2) is 53.0 Å². The normalized spacial score (nSPS) is 12.2. The Labute approximate surface area is 123 Å².